The number of nitrogens with zero attached hydrogens (tertiary/aromatic N) is 2. The standard InChI is InChI=1S/C33H42N2O4/c1-23-29-10-8-24(19-26(29)9-11-30(23)37-2)12-16-34-15-6-5-7-28(34)14-18-35-17-13-25-20-31(38-3)32(39-4)21-27(25)22-33(35)36/h8-11,19-21,28H,5-7,12-18,22H2,1-4H3. The molecule has 0 N–H and O–H groups in total. The van der Waals surface area contributed by atoms with E-state index in [2.05, 4.69) is 47.1 Å². The summed E-state index contributed by atoms with van der Waals surface area (Å²) >= 11 is 0. The van der Waals surface area contributed by atoms with Crippen molar-refractivity contribution < 1.29 is 19.0 Å². The lowest BCUT2D eigenvalue weighted by molar-refractivity contribution is -0.130. The molecule has 2 aliphatic rings. The monoisotopic (exact) mass is 530 g/mol. The Morgan fingerprint density at radius 1 is 0.846 bits per heavy atom. The topological polar surface area (TPSA) is 51.2 Å². The quantitative estimate of drug-likeness (QED) is 0.361. The number of fused-ring (bicyclic) bond motifs is 2. The van der Waals surface area contributed by atoms with Crippen molar-refractivity contribution in [2.75, 3.05) is 47.5 Å². The molecule has 0 aromatic heterocycles. The number of methoxy groups -OCH3 is 3. The normalized spacial score (nSPS) is 18.1. The summed E-state index contributed by atoms with van der Waals surface area (Å²) in [6.45, 7) is 5.91. The van der Waals surface area contributed by atoms with Crippen LogP contribution in [0, 0.1) is 6.92 Å². The molecular weight excluding hydrogens is 488 g/mol. The maximum atomic E-state index is 13.2. The van der Waals surface area contributed by atoms with Gasteiger partial charge in [0, 0.05) is 25.7 Å². The van der Waals surface area contributed by atoms with E-state index in [1.54, 1.807) is 21.3 Å². The van der Waals surface area contributed by atoms with Crippen LogP contribution in [-0.2, 0) is 24.1 Å². The number of hydrogen-bond acceptors (Lipinski definition) is 5. The van der Waals surface area contributed by atoms with Gasteiger partial charge < -0.3 is 19.1 Å². The number of amides is 1. The summed E-state index contributed by atoms with van der Waals surface area (Å²) in [5, 5.41) is 2.53. The second-order valence-electron chi connectivity index (χ2n) is 11.0. The third-order valence-electron chi connectivity index (χ3n) is 8.74. The minimum absolute atomic E-state index is 0.214. The first-order valence-electron chi connectivity index (χ1n) is 14.3. The maximum Gasteiger partial charge on any atom is 0.227 e. The van der Waals surface area contributed by atoms with E-state index in [9.17, 15) is 4.79 Å². The molecule has 39 heavy (non-hydrogen) atoms. The van der Waals surface area contributed by atoms with Crippen LogP contribution < -0.4 is 14.2 Å². The molecule has 1 amide bonds. The molecule has 0 spiro atoms. The summed E-state index contributed by atoms with van der Waals surface area (Å²) in [4.78, 5) is 17.9. The number of hydrogen-bond donors (Lipinski definition) is 0. The van der Waals surface area contributed by atoms with Gasteiger partial charge in [-0.05, 0) is 96.8 Å². The zero-order valence-electron chi connectivity index (χ0n) is 23.9. The van der Waals surface area contributed by atoms with E-state index >= 15 is 0 Å². The van der Waals surface area contributed by atoms with Gasteiger partial charge in [-0.2, -0.15) is 0 Å². The molecule has 0 bridgehead atoms. The van der Waals surface area contributed by atoms with Crippen molar-refractivity contribution in [2.45, 2.75) is 57.9 Å². The number of piperidine rings is 1. The van der Waals surface area contributed by atoms with Crippen LogP contribution in [0.25, 0.3) is 10.8 Å². The van der Waals surface area contributed by atoms with Crippen LogP contribution in [-0.4, -0.2) is 69.3 Å². The highest BCUT2D eigenvalue weighted by Crippen LogP contribution is 2.33. The van der Waals surface area contributed by atoms with Gasteiger partial charge in [-0.1, -0.05) is 30.7 Å². The predicted octanol–water partition coefficient (Wildman–Crippen LogP) is 5.59. The lowest BCUT2D eigenvalue weighted by Crippen LogP contribution is -2.43. The van der Waals surface area contributed by atoms with Crippen LogP contribution in [0.15, 0.2) is 42.5 Å². The van der Waals surface area contributed by atoms with E-state index in [-0.39, 0.29) is 5.91 Å². The minimum Gasteiger partial charge on any atom is -0.496 e. The molecule has 208 valence electrons. The van der Waals surface area contributed by atoms with Crippen LogP contribution >= 0.6 is 0 Å². The third-order valence-corrected chi connectivity index (χ3v) is 8.74. The van der Waals surface area contributed by atoms with Crippen molar-refractivity contribution in [1.82, 2.24) is 9.80 Å². The van der Waals surface area contributed by atoms with E-state index in [4.69, 9.17) is 14.2 Å². The maximum absolute atomic E-state index is 13.2. The van der Waals surface area contributed by atoms with E-state index in [1.807, 2.05) is 12.1 Å². The van der Waals surface area contributed by atoms with Gasteiger partial charge in [0.15, 0.2) is 11.5 Å². The van der Waals surface area contributed by atoms with Gasteiger partial charge >= 0.3 is 0 Å². The van der Waals surface area contributed by atoms with Gasteiger partial charge in [-0.3, -0.25) is 9.69 Å². The number of likely N-dealkylation sites (tertiary alicyclic amines) is 1. The average molecular weight is 531 g/mol. The molecule has 0 aliphatic carbocycles. The van der Waals surface area contributed by atoms with E-state index in [0.717, 1.165) is 62.5 Å². The SMILES string of the molecule is COc1cc2c(cc1OC)CC(=O)N(CCC1CCCCN1CCc1ccc3c(C)c(OC)ccc3c1)CC2. The lowest BCUT2D eigenvalue weighted by Gasteiger charge is -2.37. The fourth-order valence-corrected chi connectivity index (χ4v) is 6.40. The Kier molecular flexibility index (Phi) is 8.61. The zero-order chi connectivity index (χ0) is 27.4. The fourth-order valence-electron chi connectivity index (χ4n) is 6.40. The summed E-state index contributed by atoms with van der Waals surface area (Å²) in [6.07, 6.45) is 7.10. The van der Waals surface area contributed by atoms with Gasteiger partial charge in [0.25, 0.3) is 0 Å². The van der Waals surface area contributed by atoms with Crippen LogP contribution in [0.5, 0.6) is 17.2 Å². The second kappa shape index (κ2) is 12.3. The molecule has 2 heterocycles. The highest BCUT2D eigenvalue weighted by Gasteiger charge is 2.26. The van der Waals surface area contributed by atoms with Crippen LogP contribution in [0.2, 0.25) is 0 Å². The molecule has 0 saturated carbocycles. The molecular formula is C33H42N2O4. The van der Waals surface area contributed by atoms with Crippen molar-refractivity contribution in [3.05, 3.63) is 64.7 Å². The van der Waals surface area contributed by atoms with E-state index in [0.29, 0.717) is 18.2 Å². The van der Waals surface area contributed by atoms with Crippen LogP contribution in [0.3, 0.4) is 0 Å². The third kappa shape index (κ3) is 6.01. The molecule has 0 radical (unpaired) electrons. The van der Waals surface area contributed by atoms with Gasteiger partial charge in [0.05, 0.1) is 27.8 Å². The second-order valence-corrected chi connectivity index (χ2v) is 11.0. The van der Waals surface area contributed by atoms with Gasteiger partial charge in [-0.15, -0.1) is 0 Å². The minimum atomic E-state index is 0.214. The van der Waals surface area contributed by atoms with Crippen molar-refractivity contribution >= 4 is 16.7 Å². The smallest absolute Gasteiger partial charge is 0.227 e. The summed E-state index contributed by atoms with van der Waals surface area (Å²) in [6, 6.07) is 15.6. The molecule has 6 nitrogen and oxygen atoms in total. The number of aryl methyl sites for hydroxylation is 1. The summed E-state index contributed by atoms with van der Waals surface area (Å²) in [5.74, 6) is 2.58. The van der Waals surface area contributed by atoms with Crippen molar-refractivity contribution in [2.24, 2.45) is 0 Å². The Hall–Kier alpha value is -3.25. The number of rotatable bonds is 9. The predicted molar refractivity (Wildman–Crippen MR) is 156 cm³/mol. The molecule has 1 unspecified atom stereocenters. The first-order valence-corrected chi connectivity index (χ1v) is 14.3. The highest BCUT2D eigenvalue weighted by atomic mass is 16.5. The van der Waals surface area contributed by atoms with Crippen molar-refractivity contribution in [3.8, 4) is 17.2 Å². The molecule has 3 aromatic rings. The van der Waals surface area contributed by atoms with Crippen LogP contribution in [0.1, 0.15) is 47.9 Å². The largest absolute Gasteiger partial charge is 0.496 e. The Labute approximate surface area is 232 Å². The first-order chi connectivity index (χ1) is 19.0. The van der Waals surface area contributed by atoms with Gasteiger partial charge in [0.1, 0.15) is 5.75 Å². The Balaban J connectivity index is 1.20. The van der Waals surface area contributed by atoms with Crippen LogP contribution in [0.4, 0.5) is 0 Å². The molecule has 1 saturated heterocycles. The Morgan fingerprint density at radius 2 is 1.62 bits per heavy atom. The molecule has 1 atom stereocenters. The number of carbonyl (C=O) groups excluding carboxylic acids is 1. The fraction of sp³-hybridized carbons (Fsp3) is 0.485. The number of carbonyl (C=O) groups is 1. The summed E-state index contributed by atoms with van der Waals surface area (Å²) < 4.78 is 16.5. The first kappa shape index (κ1) is 27.3. The number of ether oxygens (including phenoxy) is 3. The Bertz CT molecular complexity index is 1320. The van der Waals surface area contributed by atoms with Crippen molar-refractivity contribution in [1.29, 1.82) is 0 Å². The molecule has 2 aliphatic heterocycles. The highest BCUT2D eigenvalue weighted by molar-refractivity contribution is 5.88. The zero-order valence-corrected chi connectivity index (χ0v) is 23.9. The molecule has 6 heteroatoms. The van der Waals surface area contributed by atoms with E-state index < -0.39 is 0 Å². The van der Waals surface area contributed by atoms with Gasteiger partial charge in [0.2, 0.25) is 5.91 Å². The molecule has 5 rings (SSSR count). The molecule has 3 aromatic carbocycles. The summed E-state index contributed by atoms with van der Waals surface area (Å²) in [5.41, 5.74) is 4.82. The Morgan fingerprint density at radius 3 is 2.38 bits per heavy atom. The van der Waals surface area contributed by atoms with E-state index in [1.165, 1.54) is 46.7 Å². The molecule has 1 fully saturated rings. The summed E-state index contributed by atoms with van der Waals surface area (Å²) in [7, 11) is 5.03. The average Bonchev–Trinajstić information content (AvgIpc) is 3.12. The van der Waals surface area contributed by atoms with Gasteiger partial charge in [-0.25, -0.2) is 0 Å². The number of benzene rings is 3. The van der Waals surface area contributed by atoms with Crippen molar-refractivity contribution in [3.63, 3.8) is 0 Å². The lowest BCUT2D eigenvalue weighted by atomic mass is 9.97.